The zero-order valence-electron chi connectivity index (χ0n) is 10.5. The minimum atomic E-state index is -0.0850. The molecule has 0 bridgehead atoms. The highest BCUT2D eigenvalue weighted by molar-refractivity contribution is 7.10. The summed E-state index contributed by atoms with van der Waals surface area (Å²) in [6.45, 7) is 4.54. The first-order valence-electron chi connectivity index (χ1n) is 5.74. The zero-order chi connectivity index (χ0) is 13.1. The fourth-order valence-corrected chi connectivity index (χ4v) is 2.64. The van der Waals surface area contributed by atoms with Gasteiger partial charge in [0, 0.05) is 16.1 Å². The van der Waals surface area contributed by atoms with Gasteiger partial charge in [0.15, 0.2) is 0 Å². The number of nitrogens with one attached hydrogen (secondary N) is 1. The first-order valence-corrected chi connectivity index (χ1v) is 6.62. The van der Waals surface area contributed by atoms with Crippen molar-refractivity contribution in [3.05, 3.63) is 51.2 Å². The van der Waals surface area contributed by atoms with Crippen LogP contribution in [-0.4, -0.2) is 5.91 Å². The highest BCUT2D eigenvalue weighted by Crippen LogP contribution is 2.16. The van der Waals surface area contributed by atoms with Gasteiger partial charge in [-0.3, -0.25) is 4.79 Å². The van der Waals surface area contributed by atoms with E-state index in [9.17, 15) is 4.79 Å². The second kappa shape index (κ2) is 5.23. The molecule has 3 nitrogen and oxygen atoms in total. The maximum Gasteiger partial charge on any atom is 0.251 e. The molecule has 1 amide bonds. The SMILES string of the molecule is Cc1cc(N)cc(C(=O)NCc2sccc2C)c1. The van der Waals surface area contributed by atoms with E-state index in [1.807, 2.05) is 31.4 Å². The Morgan fingerprint density at radius 1 is 1.33 bits per heavy atom. The molecule has 0 fully saturated rings. The molecule has 0 atom stereocenters. The zero-order valence-corrected chi connectivity index (χ0v) is 11.3. The molecule has 2 aromatic rings. The Bertz CT molecular complexity index is 555. The summed E-state index contributed by atoms with van der Waals surface area (Å²) in [6, 6.07) is 7.44. The Balaban J connectivity index is 2.06. The molecule has 1 aromatic carbocycles. The van der Waals surface area contributed by atoms with E-state index in [-0.39, 0.29) is 5.91 Å². The topological polar surface area (TPSA) is 55.1 Å². The highest BCUT2D eigenvalue weighted by atomic mass is 32.1. The van der Waals surface area contributed by atoms with Gasteiger partial charge in [-0.25, -0.2) is 0 Å². The predicted octanol–water partition coefficient (Wildman–Crippen LogP) is 2.88. The van der Waals surface area contributed by atoms with Crippen molar-refractivity contribution in [2.24, 2.45) is 0 Å². The number of anilines is 1. The number of rotatable bonds is 3. The summed E-state index contributed by atoms with van der Waals surface area (Å²) in [5.41, 5.74) is 9.17. The van der Waals surface area contributed by atoms with Crippen molar-refractivity contribution in [2.75, 3.05) is 5.73 Å². The summed E-state index contributed by atoms with van der Waals surface area (Å²) in [6.07, 6.45) is 0. The molecule has 0 saturated heterocycles. The third-order valence-corrected chi connectivity index (χ3v) is 3.76. The number of benzene rings is 1. The van der Waals surface area contributed by atoms with Gasteiger partial charge in [0.2, 0.25) is 0 Å². The molecule has 18 heavy (non-hydrogen) atoms. The van der Waals surface area contributed by atoms with Gasteiger partial charge in [0.1, 0.15) is 0 Å². The highest BCUT2D eigenvalue weighted by Gasteiger charge is 2.08. The summed E-state index contributed by atoms with van der Waals surface area (Å²) in [5.74, 6) is -0.0850. The first kappa shape index (κ1) is 12.6. The Kier molecular flexibility index (Phi) is 3.67. The number of thiophene rings is 1. The lowest BCUT2D eigenvalue weighted by Gasteiger charge is -2.06. The molecule has 0 radical (unpaired) electrons. The minimum Gasteiger partial charge on any atom is -0.399 e. The van der Waals surface area contributed by atoms with Gasteiger partial charge in [-0.15, -0.1) is 11.3 Å². The lowest BCUT2D eigenvalue weighted by atomic mass is 10.1. The van der Waals surface area contributed by atoms with Crippen LogP contribution in [0.15, 0.2) is 29.6 Å². The molecule has 0 saturated carbocycles. The van der Waals surface area contributed by atoms with E-state index in [0.717, 1.165) is 5.56 Å². The van der Waals surface area contributed by atoms with E-state index >= 15 is 0 Å². The summed E-state index contributed by atoms with van der Waals surface area (Å²) < 4.78 is 0. The van der Waals surface area contributed by atoms with Crippen LogP contribution in [0.2, 0.25) is 0 Å². The van der Waals surface area contributed by atoms with E-state index in [2.05, 4.69) is 11.4 Å². The van der Waals surface area contributed by atoms with Crippen LogP contribution >= 0.6 is 11.3 Å². The van der Waals surface area contributed by atoms with Gasteiger partial charge in [-0.2, -0.15) is 0 Å². The molecular formula is C14H16N2OS. The first-order chi connectivity index (χ1) is 8.56. The van der Waals surface area contributed by atoms with Crippen LogP contribution in [0.3, 0.4) is 0 Å². The van der Waals surface area contributed by atoms with Gasteiger partial charge < -0.3 is 11.1 Å². The molecule has 1 aromatic heterocycles. The fourth-order valence-electron chi connectivity index (χ4n) is 1.79. The van der Waals surface area contributed by atoms with Crippen LogP contribution in [0.25, 0.3) is 0 Å². The van der Waals surface area contributed by atoms with Gasteiger partial charge >= 0.3 is 0 Å². The molecule has 3 N–H and O–H groups in total. The smallest absolute Gasteiger partial charge is 0.251 e. The number of hydrogen-bond acceptors (Lipinski definition) is 3. The van der Waals surface area contributed by atoms with E-state index < -0.39 is 0 Å². The number of hydrogen-bond donors (Lipinski definition) is 2. The lowest BCUT2D eigenvalue weighted by molar-refractivity contribution is 0.0951. The van der Waals surface area contributed by atoms with Crippen molar-refractivity contribution >= 4 is 22.9 Å². The van der Waals surface area contributed by atoms with E-state index in [4.69, 9.17) is 5.73 Å². The van der Waals surface area contributed by atoms with Crippen LogP contribution in [0.1, 0.15) is 26.4 Å². The van der Waals surface area contributed by atoms with E-state index in [0.29, 0.717) is 17.8 Å². The van der Waals surface area contributed by atoms with Crippen molar-refractivity contribution in [1.82, 2.24) is 5.32 Å². The van der Waals surface area contributed by atoms with Crippen molar-refractivity contribution in [2.45, 2.75) is 20.4 Å². The Morgan fingerprint density at radius 3 is 2.72 bits per heavy atom. The molecule has 0 spiro atoms. The molecule has 0 unspecified atom stereocenters. The van der Waals surface area contributed by atoms with Crippen LogP contribution in [-0.2, 0) is 6.54 Å². The maximum absolute atomic E-state index is 12.0. The normalized spacial score (nSPS) is 10.3. The van der Waals surface area contributed by atoms with E-state index in [1.54, 1.807) is 17.4 Å². The van der Waals surface area contributed by atoms with Gasteiger partial charge in [0.05, 0.1) is 6.54 Å². The lowest BCUT2D eigenvalue weighted by Crippen LogP contribution is -2.22. The van der Waals surface area contributed by atoms with Crippen LogP contribution in [0.5, 0.6) is 0 Å². The Hall–Kier alpha value is -1.81. The van der Waals surface area contributed by atoms with Crippen molar-refractivity contribution in [1.29, 1.82) is 0 Å². The standard InChI is InChI=1S/C14H16N2OS/c1-9-5-11(7-12(15)6-9)14(17)16-8-13-10(2)3-4-18-13/h3-7H,8,15H2,1-2H3,(H,16,17). The van der Waals surface area contributed by atoms with Gasteiger partial charge in [-0.05, 0) is 54.6 Å². The second-order valence-electron chi connectivity index (χ2n) is 4.34. The molecule has 4 heteroatoms. The Morgan fingerprint density at radius 2 is 2.11 bits per heavy atom. The maximum atomic E-state index is 12.0. The number of amides is 1. The molecule has 0 aliphatic rings. The van der Waals surface area contributed by atoms with Crippen LogP contribution in [0.4, 0.5) is 5.69 Å². The van der Waals surface area contributed by atoms with Crippen molar-refractivity contribution in [3.63, 3.8) is 0 Å². The third-order valence-electron chi connectivity index (χ3n) is 2.74. The fraction of sp³-hybridized carbons (Fsp3) is 0.214. The van der Waals surface area contributed by atoms with E-state index in [1.165, 1.54) is 10.4 Å². The Labute approximate surface area is 111 Å². The number of aryl methyl sites for hydroxylation is 2. The third kappa shape index (κ3) is 2.90. The molecular weight excluding hydrogens is 244 g/mol. The molecule has 1 heterocycles. The second-order valence-corrected chi connectivity index (χ2v) is 5.34. The monoisotopic (exact) mass is 260 g/mol. The summed E-state index contributed by atoms with van der Waals surface area (Å²) in [7, 11) is 0. The molecule has 2 rings (SSSR count). The number of carbonyl (C=O) groups is 1. The number of carbonyl (C=O) groups excluding carboxylic acids is 1. The summed E-state index contributed by atoms with van der Waals surface area (Å²) >= 11 is 1.65. The van der Waals surface area contributed by atoms with Gasteiger partial charge in [0.25, 0.3) is 5.91 Å². The molecule has 94 valence electrons. The van der Waals surface area contributed by atoms with Crippen molar-refractivity contribution < 1.29 is 4.79 Å². The van der Waals surface area contributed by atoms with Crippen molar-refractivity contribution in [3.8, 4) is 0 Å². The summed E-state index contributed by atoms with van der Waals surface area (Å²) in [4.78, 5) is 13.2. The predicted molar refractivity (Wildman–Crippen MR) is 75.8 cm³/mol. The molecule has 0 aliphatic carbocycles. The average molecular weight is 260 g/mol. The molecule has 0 aliphatic heterocycles. The van der Waals surface area contributed by atoms with Crippen LogP contribution < -0.4 is 11.1 Å². The number of nitrogens with two attached hydrogens (primary N) is 1. The average Bonchev–Trinajstić information content (AvgIpc) is 2.70. The quantitative estimate of drug-likeness (QED) is 0.834. The van der Waals surface area contributed by atoms with Gasteiger partial charge in [-0.1, -0.05) is 0 Å². The number of nitrogen functional groups attached to an aromatic ring is 1. The minimum absolute atomic E-state index is 0.0850. The summed E-state index contributed by atoms with van der Waals surface area (Å²) in [5, 5.41) is 4.94. The van der Waals surface area contributed by atoms with Crippen LogP contribution in [0, 0.1) is 13.8 Å². The largest absolute Gasteiger partial charge is 0.399 e.